The number of aryl methyl sites for hydroxylation is 1. The van der Waals surface area contributed by atoms with Gasteiger partial charge in [0.15, 0.2) is 0 Å². The molecule has 216 valence electrons. The van der Waals surface area contributed by atoms with Crippen LogP contribution in [-0.2, 0) is 29.7 Å². The van der Waals surface area contributed by atoms with Crippen LogP contribution < -0.4 is 10.6 Å². The number of alkyl carbamates (subject to hydrolysis) is 1. The number of amides is 2. The molecule has 1 atom stereocenters. The van der Waals surface area contributed by atoms with E-state index in [1.165, 1.54) is 10.9 Å². The van der Waals surface area contributed by atoms with Crippen LogP contribution in [0.5, 0.6) is 0 Å². The Hall–Kier alpha value is -4.96. The number of carboxylic acid groups (broad SMARTS) is 1. The van der Waals surface area contributed by atoms with E-state index in [2.05, 4.69) is 27.9 Å². The molecule has 3 aromatic carbocycles. The first kappa shape index (κ1) is 28.6. The van der Waals surface area contributed by atoms with E-state index >= 15 is 0 Å². The van der Waals surface area contributed by atoms with Gasteiger partial charge >= 0.3 is 12.1 Å². The largest absolute Gasteiger partial charge is 0.480 e. The number of nitrogens with one attached hydrogen (secondary N) is 2. The summed E-state index contributed by atoms with van der Waals surface area (Å²) in [6, 6.07) is 24.7. The number of carbonyl (C=O) groups is 3. The second kappa shape index (κ2) is 12.7. The number of benzene rings is 3. The van der Waals surface area contributed by atoms with E-state index in [1.807, 2.05) is 71.6 Å². The summed E-state index contributed by atoms with van der Waals surface area (Å²) in [7, 11) is 3.44. The zero-order valence-electron chi connectivity index (χ0n) is 23.5. The number of nitrogens with zero attached hydrogens (tertiary/aromatic N) is 3. The topological polar surface area (TPSA) is 126 Å². The molecule has 0 aliphatic heterocycles. The number of carboxylic acids is 1. The third-order valence-corrected chi connectivity index (χ3v) is 7.44. The Labute approximate surface area is 243 Å². The van der Waals surface area contributed by atoms with Gasteiger partial charge in [-0.1, -0.05) is 78.9 Å². The van der Waals surface area contributed by atoms with Gasteiger partial charge in [-0.25, -0.2) is 9.59 Å². The third-order valence-electron chi connectivity index (χ3n) is 7.44. The summed E-state index contributed by atoms with van der Waals surface area (Å²) in [4.78, 5) is 39.6. The van der Waals surface area contributed by atoms with Gasteiger partial charge < -0.3 is 20.5 Å². The van der Waals surface area contributed by atoms with Crippen molar-refractivity contribution in [2.45, 2.75) is 25.0 Å². The van der Waals surface area contributed by atoms with Crippen LogP contribution in [0.2, 0.25) is 0 Å². The Balaban J connectivity index is 1.18. The molecule has 0 fully saturated rings. The maximum absolute atomic E-state index is 13.1. The van der Waals surface area contributed by atoms with Gasteiger partial charge in [-0.05, 0) is 34.9 Å². The van der Waals surface area contributed by atoms with E-state index in [0.717, 1.165) is 27.8 Å². The van der Waals surface area contributed by atoms with E-state index in [4.69, 9.17) is 4.74 Å². The lowest BCUT2D eigenvalue weighted by Gasteiger charge is -2.22. The molecule has 4 aromatic rings. The van der Waals surface area contributed by atoms with Gasteiger partial charge in [0, 0.05) is 26.1 Å². The Kier molecular flexibility index (Phi) is 8.63. The van der Waals surface area contributed by atoms with Gasteiger partial charge in [0.1, 0.15) is 12.6 Å². The minimum Gasteiger partial charge on any atom is -0.480 e. The molecule has 10 nitrogen and oxygen atoms in total. The van der Waals surface area contributed by atoms with E-state index in [0.29, 0.717) is 12.2 Å². The van der Waals surface area contributed by atoms with E-state index in [1.54, 1.807) is 14.1 Å². The molecular formula is C32H33N5O5. The van der Waals surface area contributed by atoms with Crippen LogP contribution in [0.25, 0.3) is 11.1 Å². The van der Waals surface area contributed by atoms with Crippen molar-refractivity contribution in [2.75, 3.05) is 20.2 Å². The van der Waals surface area contributed by atoms with Crippen molar-refractivity contribution in [2.24, 2.45) is 7.05 Å². The number of ether oxygens (including phenoxy) is 1. The van der Waals surface area contributed by atoms with Crippen molar-refractivity contribution < 1.29 is 24.2 Å². The van der Waals surface area contributed by atoms with Crippen molar-refractivity contribution in [3.8, 4) is 11.1 Å². The number of carbonyl (C=O) groups excluding carboxylic acids is 2. The average Bonchev–Trinajstić information content (AvgIpc) is 3.52. The van der Waals surface area contributed by atoms with E-state index < -0.39 is 24.0 Å². The smallest absolute Gasteiger partial charge is 0.407 e. The predicted molar refractivity (Wildman–Crippen MR) is 157 cm³/mol. The van der Waals surface area contributed by atoms with Gasteiger partial charge in [-0.15, -0.1) is 0 Å². The first-order chi connectivity index (χ1) is 20.3. The van der Waals surface area contributed by atoms with Crippen molar-refractivity contribution in [3.63, 3.8) is 0 Å². The maximum atomic E-state index is 13.1. The lowest BCUT2D eigenvalue weighted by Crippen LogP contribution is -2.47. The Morgan fingerprint density at radius 3 is 2.24 bits per heavy atom. The number of hydrogen-bond donors (Lipinski definition) is 3. The molecule has 3 N–H and O–H groups in total. The molecule has 42 heavy (non-hydrogen) atoms. The summed E-state index contributed by atoms with van der Waals surface area (Å²) < 4.78 is 7.07. The molecule has 0 radical (unpaired) electrons. The number of rotatable bonds is 11. The molecule has 1 aliphatic rings. The van der Waals surface area contributed by atoms with Crippen LogP contribution in [0.3, 0.4) is 0 Å². The monoisotopic (exact) mass is 567 g/mol. The summed E-state index contributed by atoms with van der Waals surface area (Å²) in [6.07, 6.45) is 0.729. The molecule has 0 spiro atoms. The van der Waals surface area contributed by atoms with Crippen molar-refractivity contribution in [3.05, 3.63) is 113 Å². The highest BCUT2D eigenvalue weighted by molar-refractivity contribution is 5.97. The zero-order chi connectivity index (χ0) is 29.6. The second-order valence-corrected chi connectivity index (χ2v) is 10.4. The fraction of sp³-hybridized carbons (Fsp3) is 0.250. The predicted octanol–water partition coefficient (Wildman–Crippen LogP) is 3.77. The van der Waals surface area contributed by atoms with Crippen LogP contribution in [0.4, 0.5) is 4.79 Å². The van der Waals surface area contributed by atoms with Crippen molar-refractivity contribution in [1.82, 2.24) is 25.3 Å². The Morgan fingerprint density at radius 1 is 0.976 bits per heavy atom. The van der Waals surface area contributed by atoms with Crippen LogP contribution >= 0.6 is 0 Å². The summed E-state index contributed by atoms with van der Waals surface area (Å²) in [6.45, 7) is 0.767. The number of fused-ring (bicyclic) bond motifs is 3. The van der Waals surface area contributed by atoms with Gasteiger partial charge in [-0.3, -0.25) is 14.4 Å². The molecule has 1 unspecified atom stereocenters. The van der Waals surface area contributed by atoms with Gasteiger partial charge in [-0.2, -0.15) is 5.10 Å². The van der Waals surface area contributed by atoms with Gasteiger partial charge in [0.2, 0.25) is 0 Å². The fourth-order valence-electron chi connectivity index (χ4n) is 5.36. The van der Waals surface area contributed by atoms with E-state index in [-0.39, 0.29) is 31.2 Å². The molecule has 0 bridgehead atoms. The SMILES string of the molecule is CN(Cc1ccccc1)CC(NC(=O)c1cnn(C)c1CNC(=O)OCC1c2ccccc2-c2ccccc21)C(=O)O. The molecule has 2 amide bonds. The molecule has 5 rings (SSSR count). The summed E-state index contributed by atoms with van der Waals surface area (Å²) in [5.41, 5.74) is 6.12. The molecular weight excluding hydrogens is 534 g/mol. The van der Waals surface area contributed by atoms with E-state index in [9.17, 15) is 19.5 Å². The molecule has 0 saturated carbocycles. The lowest BCUT2D eigenvalue weighted by atomic mass is 9.98. The highest BCUT2D eigenvalue weighted by atomic mass is 16.5. The first-order valence-corrected chi connectivity index (χ1v) is 13.7. The Morgan fingerprint density at radius 2 is 1.60 bits per heavy atom. The highest BCUT2D eigenvalue weighted by Gasteiger charge is 2.29. The van der Waals surface area contributed by atoms with Crippen molar-refractivity contribution in [1.29, 1.82) is 0 Å². The zero-order valence-corrected chi connectivity index (χ0v) is 23.5. The highest BCUT2D eigenvalue weighted by Crippen LogP contribution is 2.44. The molecule has 1 heterocycles. The Bertz CT molecular complexity index is 1540. The number of aromatic nitrogens is 2. The van der Waals surface area contributed by atoms with Gasteiger partial charge in [0.25, 0.3) is 5.91 Å². The minimum atomic E-state index is -1.15. The average molecular weight is 568 g/mol. The third kappa shape index (κ3) is 6.34. The van der Waals surface area contributed by atoms with Crippen LogP contribution in [-0.4, -0.2) is 64.0 Å². The van der Waals surface area contributed by atoms with Crippen LogP contribution in [0, 0.1) is 0 Å². The number of aliphatic carboxylic acids is 1. The summed E-state index contributed by atoms with van der Waals surface area (Å²) >= 11 is 0. The quantitative estimate of drug-likeness (QED) is 0.252. The van der Waals surface area contributed by atoms with Gasteiger partial charge in [0.05, 0.1) is 24.0 Å². The summed E-state index contributed by atoms with van der Waals surface area (Å²) in [5, 5.41) is 19.2. The second-order valence-electron chi connectivity index (χ2n) is 10.4. The van der Waals surface area contributed by atoms with Crippen LogP contribution in [0.1, 0.15) is 38.7 Å². The van der Waals surface area contributed by atoms with Crippen LogP contribution in [0.15, 0.2) is 85.1 Å². The standard InChI is InChI=1S/C32H33N5O5/c1-36(18-21-10-4-3-5-11-21)19-28(31(39)40)35-30(38)26-16-34-37(2)29(26)17-33-32(41)42-20-27-24-14-8-6-12-22(24)23-13-7-9-15-25(23)27/h3-16,27-28H,17-20H2,1-2H3,(H,33,41)(H,35,38)(H,39,40). The number of hydrogen-bond acceptors (Lipinski definition) is 6. The minimum absolute atomic E-state index is 0.0262. The molecule has 1 aromatic heterocycles. The molecule has 10 heteroatoms. The molecule has 0 saturated heterocycles. The normalized spacial score (nSPS) is 12.8. The summed E-state index contributed by atoms with van der Waals surface area (Å²) in [5.74, 6) is -1.81. The molecule has 1 aliphatic carbocycles. The maximum Gasteiger partial charge on any atom is 0.407 e. The lowest BCUT2D eigenvalue weighted by molar-refractivity contribution is -0.139. The number of likely N-dealkylation sites (N-methyl/N-ethyl adjacent to an activating group) is 1. The fourth-order valence-corrected chi connectivity index (χ4v) is 5.36. The van der Waals surface area contributed by atoms with Crippen molar-refractivity contribution >= 4 is 18.0 Å². The first-order valence-electron chi connectivity index (χ1n) is 13.7.